The molecule has 0 aromatic carbocycles. The van der Waals surface area contributed by atoms with Gasteiger partial charge in [-0.3, -0.25) is 4.79 Å². The van der Waals surface area contributed by atoms with Crippen molar-refractivity contribution in [2.45, 2.75) is 52.0 Å². The number of furan rings is 1. The number of halogens is 1. The fourth-order valence-electron chi connectivity index (χ4n) is 2.85. The molecule has 114 valence electrons. The first kappa shape index (κ1) is 15.9. The first-order valence-corrected chi connectivity index (χ1v) is 7.74. The summed E-state index contributed by atoms with van der Waals surface area (Å²) in [5.74, 6) is 0.990. The first-order valence-electron chi connectivity index (χ1n) is 7.31. The van der Waals surface area contributed by atoms with E-state index in [1.807, 2.05) is 32.0 Å². The molecule has 0 saturated heterocycles. The molecule has 0 N–H and O–H groups in total. The van der Waals surface area contributed by atoms with Gasteiger partial charge in [-0.1, -0.05) is 0 Å². The number of aryl methyl sites for hydroxylation is 2. The van der Waals surface area contributed by atoms with Crippen molar-refractivity contribution in [3.8, 4) is 0 Å². The Hall–Kier alpha value is -1.48. The van der Waals surface area contributed by atoms with E-state index >= 15 is 0 Å². The van der Waals surface area contributed by atoms with Gasteiger partial charge >= 0.3 is 0 Å². The normalized spacial score (nSPS) is 14.1. The Labute approximate surface area is 130 Å². The van der Waals surface area contributed by atoms with Gasteiger partial charge in [0.2, 0.25) is 0 Å². The molecule has 0 aliphatic rings. The predicted molar refractivity (Wildman–Crippen MR) is 85.3 cm³/mol. The Morgan fingerprint density at radius 2 is 2.10 bits per heavy atom. The van der Waals surface area contributed by atoms with E-state index < -0.39 is 5.38 Å². The number of aromatic nitrogens is 1. The Balaban J connectivity index is 2.17. The van der Waals surface area contributed by atoms with Crippen LogP contribution in [0.15, 0.2) is 28.9 Å². The van der Waals surface area contributed by atoms with Crippen LogP contribution in [0.2, 0.25) is 0 Å². The number of nitrogens with zero attached hydrogens (tertiary/aromatic N) is 1. The molecule has 4 heteroatoms. The van der Waals surface area contributed by atoms with Gasteiger partial charge < -0.3 is 8.98 Å². The molecule has 2 unspecified atom stereocenters. The molecule has 2 aromatic rings. The molecule has 2 heterocycles. The van der Waals surface area contributed by atoms with E-state index in [4.69, 9.17) is 16.0 Å². The van der Waals surface area contributed by atoms with Crippen LogP contribution in [-0.2, 0) is 6.42 Å². The second-order valence-corrected chi connectivity index (χ2v) is 6.26. The quantitative estimate of drug-likeness (QED) is 0.572. The summed E-state index contributed by atoms with van der Waals surface area (Å²) in [6.07, 6.45) is 3.55. The van der Waals surface area contributed by atoms with E-state index in [-0.39, 0.29) is 5.78 Å². The van der Waals surface area contributed by atoms with E-state index in [9.17, 15) is 4.79 Å². The van der Waals surface area contributed by atoms with E-state index in [0.29, 0.717) is 6.04 Å². The summed E-state index contributed by atoms with van der Waals surface area (Å²) in [6, 6.07) is 6.15. The average Bonchev–Trinajstić information content (AvgIpc) is 3.03. The molecule has 2 rings (SSSR count). The summed E-state index contributed by atoms with van der Waals surface area (Å²) >= 11 is 5.93. The van der Waals surface area contributed by atoms with Gasteiger partial charge in [0, 0.05) is 29.4 Å². The molecule has 0 aliphatic carbocycles. The van der Waals surface area contributed by atoms with Gasteiger partial charge in [0.25, 0.3) is 0 Å². The lowest BCUT2D eigenvalue weighted by Crippen LogP contribution is -2.14. The van der Waals surface area contributed by atoms with E-state index in [2.05, 4.69) is 11.5 Å². The summed E-state index contributed by atoms with van der Waals surface area (Å²) in [5.41, 5.74) is 2.83. The molecule has 0 spiro atoms. The topological polar surface area (TPSA) is 35.1 Å². The Bertz CT molecular complexity index is 611. The molecule has 0 saturated carbocycles. The van der Waals surface area contributed by atoms with E-state index in [1.165, 1.54) is 0 Å². The molecule has 0 bridgehead atoms. The zero-order valence-corrected chi connectivity index (χ0v) is 13.8. The summed E-state index contributed by atoms with van der Waals surface area (Å²) < 4.78 is 7.59. The third kappa shape index (κ3) is 3.41. The van der Waals surface area contributed by atoms with Crippen LogP contribution in [-0.4, -0.2) is 15.7 Å². The van der Waals surface area contributed by atoms with Crippen LogP contribution >= 0.6 is 11.6 Å². The van der Waals surface area contributed by atoms with Gasteiger partial charge in [0.15, 0.2) is 5.78 Å². The van der Waals surface area contributed by atoms with Crippen LogP contribution in [0.4, 0.5) is 0 Å². The number of rotatable bonds is 6. The van der Waals surface area contributed by atoms with Gasteiger partial charge in [-0.2, -0.15) is 0 Å². The lowest BCUT2D eigenvalue weighted by atomic mass is 10.1. The predicted octanol–water partition coefficient (Wildman–Crippen LogP) is 4.70. The minimum absolute atomic E-state index is 0.00532. The fraction of sp³-hybridized carbons (Fsp3) is 0.471. The molecule has 0 aliphatic heterocycles. The van der Waals surface area contributed by atoms with Crippen LogP contribution in [0.3, 0.4) is 0 Å². The second-order valence-electron chi connectivity index (χ2n) is 5.60. The molecule has 2 aromatic heterocycles. The van der Waals surface area contributed by atoms with Crippen molar-refractivity contribution in [2.75, 3.05) is 0 Å². The maximum absolute atomic E-state index is 12.1. The van der Waals surface area contributed by atoms with Crippen molar-refractivity contribution in [2.24, 2.45) is 0 Å². The third-order valence-electron chi connectivity index (χ3n) is 3.94. The van der Waals surface area contributed by atoms with E-state index in [1.54, 1.807) is 13.2 Å². The highest BCUT2D eigenvalue weighted by Crippen LogP contribution is 2.25. The van der Waals surface area contributed by atoms with Crippen molar-refractivity contribution in [3.63, 3.8) is 0 Å². The maximum atomic E-state index is 12.1. The fourth-order valence-corrected chi connectivity index (χ4v) is 2.97. The van der Waals surface area contributed by atoms with Gasteiger partial charge in [-0.15, -0.1) is 11.6 Å². The van der Waals surface area contributed by atoms with Crippen molar-refractivity contribution in [3.05, 3.63) is 47.2 Å². The molecule has 2 atom stereocenters. The van der Waals surface area contributed by atoms with Crippen LogP contribution in [0.1, 0.15) is 53.8 Å². The minimum Gasteiger partial charge on any atom is -0.469 e. The molecule has 3 nitrogen and oxygen atoms in total. The minimum atomic E-state index is -0.489. The molecule has 0 amide bonds. The lowest BCUT2D eigenvalue weighted by Gasteiger charge is -2.18. The van der Waals surface area contributed by atoms with Gasteiger partial charge in [0.1, 0.15) is 5.76 Å². The molecule has 0 radical (unpaired) electrons. The van der Waals surface area contributed by atoms with Crippen molar-refractivity contribution in [1.82, 2.24) is 4.57 Å². The Morgan fingerprint density at radius 3 is 2.67 bits per heavy atom. The highest BCUT2D eigenvalue weighted by molar-refractivity contribution is 6.33. The number of carbonyl (C=O) groups is 1. The molecule has 21 heavy (non-hydrogen) atoms. The molecular formula is C17H22ClNO2. The third-order valence-corrected chi connectivity index (χ3v) is 4.14. The lowest BCUT2D eigenvalue weighted by molar-refractivity contribution is 0.0991. The largest absolute Gasteiger partial charge is 0.469 e. The van der Waals surface area contributed by atoms with Crippen molar-refractivity contribution < 1.29 is 9.21 Å². The van der Waals surface area contributed by atoms with Crippen LogP contribution in [0.5, 0.6) is 0 Å². The summed E-state index contributed by atoms with van der Waals surface area (Å²) in [7, 11) is 0. The number of ketones is 1. The zero-order valence-electron chi connectivity index (χ0n) is 13.0. The van der Waals surface area contributed by atoms with E-state index in [0.717, 1.165) is 35.6 Å². The average molecular weight is 308 g/mol. The van der Waals surface area contributed by atoms with Crippen LogP contribution in [0.25, 0.3) is 0 Å². The standard InChI is InChI=1S/C17H22ClNO2/c1-11(7-8-15-6-5-9-21-15)19-12(2)10-16(14(19)4)17(20)13(3)18/h5-6,9-11,13H,7-8H2,1-4H3. The van der Waals surface area contributed by atoms with Crippen molar-refractivity contribution >= 4 is 17.4 Å². The maximum Gasteiger partial charge on any atom is 0.182 e. The van der Waals surface area contributed by atoms with Gasteiger partial charge in [0.05, 0.1) is 11.6 Å². The highest BCUT2D eigenvalue weighted by Gasteiger charge is 2.21. The monoisotopic (exact) mass is 307 g/mol. The zero-order chi connectivity index (χ0) is 15.6. The number of Topliss-reactive ketones (excluding diaryl/α,β-unsaturated/α-hetero) is 1. The highest BCUT2D eigenvalue weighted by atomic mass is 35.5. The number of hydrogen-bond donors (Lipinski definition) is 0. The first-order chi connectivity index (χ1) is 9.91. The summed E-state index contributed by atoms with van der Waals surface area (Å²) in [4.78, 5) is 12.1. The van der Waals surface area contributed by atoms with Crippen LogP contribution < -0.4 is 0 Å². The Morgan fingerprint density at radius 1 is 1.38 bits per heavy atom. The van der Waals surface area contributed by atoms with Crippen LogP contribution in [0, 0.1) is 13.8 Å². The second kappa shape index (κ2) is 6.52. The SMILES string of the molecule is Cc1cc(C(=O)C(C)Cl)c(C)n1C(C)CCc1ccco1. The van der Waals surface area contributed by atoms with Gasteiger partial charge in [-0.25, -0.2) is 0 Å². The summed E-state index contributed by atoms with van der Waals surface area (Å²) in [5, 5.41) is -0.489. The molecule has 0 fully saturated rings. The number of alkyl halides is 1. The number of carbonyl (C=O) groups excluding carboxylic acids is 1. The number of hydrogen-bond acceptors (Lipinski definition) is 2. The van der Waals surface area contributed by atoms with Crippen molar-refractivity contribution in [1.29, 1.82) is 0 Å². The summed E-state index contributed by atoms with van der Waals surface area (Å²) in [6.45, 7) is 7.91. The van der Waals surface area contributed by atoms with Gasteiger partial charge in [-0.05, 0) is 52.3 Å². The Kier molecular flexibility index (Phi) is 4.94. The molecular weight excluding hydrogens is 286 g/mol. The smallest absolute Gasteiger partial charge is 0.182 e.